The van der Waals surface area contributed by atoms with Crippen molar-refractivity contribution in [2.24, 2.45) is 0 Å². The molecule has 0 radical (unpaired) electrons. The summed E-state index contributed by atoms with van der Waals surface area (Å²) in [7, 11) is 0. The standard InChI is InChI=1S/C17H19N3O5S/c1-5-25-15(22)11-6-10(7-12(8-11)20(23)24)14(21)19-16-18-13(9-26-16)17(2,3)4/h6-9H,5H2,1-4H3,(H,18,19,21). The van der Waals surface area contributed by atoms with Crippen molar-refractivity contribution in [3.63, 3.8) is 0 Å². The minimum atomic E-state index is -0.727. The number of non-ortho nitro benzene ring substituents is 1. The number of carbonyl (C=O) groups excluding carboxylic acids is 2. The minimum Gasteiger partial charge on any atom is -0.462 e. The molecule has 1 aromatic heterocycles. The topological polar surface area (TPSA) is 111 Å². The first kappa shape index (κ1) is 19.5. The normalized spacial score (nSPS) is 11.1. The Morgan fingerprint density at radius 3 is 2.46 bits per heavy atom. The lowest BCUT2D eigenvalue weighted by Crippen LogP contribution is -2.15. The highest BCUT2D eigenvalue weighted by Gasteiger charge is 2.21. The third kappa shape index (κ3) is 4.63. The third-order valence-electron chi connectivity index (χ3n) is 3.39. The summed E-state index contributed by atoms with van der Waals surface area (Å²) >= 11 is 1.26. The highest BCUT2D eigenvalue weighted by molar-refractivity contribution is 7.14. The summed E-state index contributed by atoms with van der Waals surface area (Å²) in [5, 5.41) is 15.9. The van der Waals surface area contributed by atoms with Gasteiger partial charge in [-0.25, -0.2) is 9.78 Å². The Morgan fingerprint density at radius 1 is 1.27 bits per heavy atom. The van der Waals surface area contributed by atoms with Gasteiger partial charge in [-0.1, -0.05) is 20.8 Å². The van der Waals surface area contributed by atoms with Crippen LogP contribution >= 0.6 is 11.3 Å². The molecule has 138 valence electrons. The first-order chi connectivity index (χ1) is 12.1. The fourth-order valence-corrected chi connectivity index (χ4v) is 2.96. The van der Waals surface area contributed by atoms with E-state index in [1.165, 1.54) is 17.4 Å². The molecule has 0 aliphatic carbocycles. The Kier molecular flexibility index (Phi) is 5.71. The van der Waals surface area contributed by atoms with Crippen molar-refractivity contribution >= 4 is 34.0 Å². The smallest absolute Gasteiger partial charge is 0.338 e. The number of hydrogen-bond donors (Lipinski definition) is 1. The molecule has 0 atom stereocenters. The number of aromatic nitrogens is 1. The number of carbonyl (C=O) groups is 2. The lowest BCUT2D eigenvalue weighted by atomic mass is 9.93. The number of amides is 1. The maximum Gasteiger partial charge on any atom is 0.338 e. The van der Waals surface area contributed by atoms with E-state index in [1.807, 2.05) is 26.2 Å². The number of esters is 1. The van der Waals surface area contributed by atoms with E-state index >= 15 is 0 Å². The molecular weight excluding hydrogens is 358 g/mol. The van der Waals surface area contributed by atoms with Crippen molar-refractivity contribution < 1.29 is 19.2 Å². The fraction of sp³-hybridized carbons (Fsp3) is 0.353. The highest BCUT2D eigenvalue weighted by atomic mass is 32.1. The van der Waals surface area contributed by atoms with Crippen LogP contribution < -0.4 is 5.32 Å². The van der Waals surface area contributed by atoms with E-state index in [4.69, 9.17) is 4.74 Å². The number of ether oxygens (including phenoxy) is 1. The summed E-state index contributed by atoms with van der Waals surface area (Å²) < 4.78 is 4.85. The van der Waals surface area contributed by atoms with Crippen molar-refractivity contribution in [3.05, 3.63) is 50.5 Å². The van der Waals surface area contributed by atoms with Crippen molar-refractivity contribution in [1.82, 2.24) is 4.98 Å². The van der Waals surface area contributed by atoms with Crippen LogP contribution in [0.1, 0.15) is 54.1 Å². The van der Waals surface area contributed by atoms with Crippen molar-refractivity contribution in [3.8, 4) is 0 Å². The van der Waals surface area contributed by atoms with Crippen LogP contribution in [-0.2, 0) is 10.2 Å². The zero-order valence-electron chi connectivity index (χ0n) is 14.9. The highest BCUT2D eigenvalue weighted by Crippen LogP contribution is 2.27. The van der Waals surface area contributed by atoms with Gasteiger partial charge in [0.1, 0.15) is 0 Å². The van der Waals surface area contributed by atoms with E-state index in [2.05, 4.69) is 10.3 Å². The molecule has 2 aromatic rings. The van der Waals surface area contributed by atoms with Gasteiger partial charge in [-0.3, -0.25) is 20.2 Å². The molecule has 8 nitrogen and oxygen atoms in total. The second kappa shape index (κ2) is 7.61. The average molecular weight is 377 g/mol. The number of anilines is 1. The summed E-state index contributed by atoms with van der Waals surface area (Å²) in [4.78, 5) is 39.1. The summed E-state index contributed by atoms with van der Waals surface area (Å²) in [5.41, 5.74) is 0.219. The Labute approximate surface area is 154 Å². The van der Waals surface area contributed by atoms with E-state index in [9.17, 15) is 19.7 Å². The number of thiazole rings is 1. The summed E-state index contributed by atoms with van der Waals surface area (Å²) in [6.45, 7) is 7.75. The summed E-state index contributed by atoms with van der Waals surface area (Å²) in [6, 6.07) is 3.45. The van der Waals surface area contributed by atoms with Crippen LogP contribution in [0, 0.1) is 10.1 Å². The van der Waals surface area contributed by atoms with Gasteiger partial charge in [0.05, 0.1) is 22.8 Å². The van der Waals surface area contributed by atoms with Gasteiger partial charge in [-0.15, -0.1) is 11.3 Å². The maximum atomic E-state index is 12.5. The lowest BCUT2D eigenvalue weighted by molar-refractivity contribution is -0.384. The Balaban J connectivity index is 2.31. The minimum absolute atomic E-state index is 0.0187. The molecule has 0 bridgehead atoms. The zero-order valence-corrected chi connectivity index (χ0v) is 15.7. The molecule has 1 heterocycles. The quantitative estimate of drug-likeness (QED) is 0.482. The number of nitro groups is 1. The van der Waals surface area contributed by atoms with Crippen LogP contribution in [0.4, 0.5) is 10.8 Å². The first-order valence-electron chi connectivity index (χ1n) is 7.85. The van der Waals surface area contributed by atoms with Gasteiger partial charge >= 0.3 is 5.97 Å². The Hall–Kier alpha value is -2.81. The van der Waals surface area contributed by atoms with E-state index in [0.29, 0.717) is 5.13 Å². The Bertz CT molecular complexity index is 854. The molecule has 26 heavy (non-hydrogen) atoms. The van der Waals surface area contributed by atoms with Crippen LogP contribution in [0.3, 0.4) is 0 Å². The molecule has 0 saturated carbocycles. The maximum absolute atomic E-state index is 12.5. The second-order valence-corrected chi connectivity index (χ2v) is 7.35. The van der Waals surface area contributed by atoms with E-state index in [1.54, 1.807) is 6.92 Å². The molecule has 0 fully saturated rings. The fourth-order valence-electron chi connectivity index (χ4n) is 2.02. The number of nitro benzene ring substituents is 1. The predicted octanol–water partition coefficient (Wildman–Crippen LogP) is 3.78. The van der Waals surface area contributed by atoms with Gasteiger partial charge in [0.25, 0.3) is 11.6 Å². The van der Waals surface area contributed by atoms with Crippen LogP contribution in [-0.4, -0.2) is 28.4 Å². The van der Waals surface area contributed by atoms with Gasteiger partial charge < -0.3 is 4.74 Å². The summed E-state index contributed by atoms with van der Waals surface area (Å²) in [5.74, 6) is -1.32. The van der Waals surface area contributed by atoms with Crippen LogP contribution in [0.25, 0.3) is 0 Å². The van der Waals surface area contributed by atoms with Gasteiger partial charge in [-0.2, -0.15) is 0 Å². The van der Waals surface area contributed by atoms with Crippen molar-refractivity contribution in [1.29, 1.82) is 0 Å². The third-order valence-corrected chi connectivity index (χ3v) is 4.15. The Morgan fingerprint density at radius 2 is 1.92 bits per heavy atom. The molecule has 0 spiro atoms. The molecule has 0 unspecified atom stereocenters. The number of nitrogens with zero attached hydrogens (tertiary/aromatic N) is 2. The van der Waals surface area contributed by atoms with Gasteiger partial charge in [0.15, 0.2) is 5.13 Å². The van der Waals surface area contributed by atoms with E-state index in [-0.39, 0.29) is 28.8 Å². The summed E-state index contributed by atoms with van der Waals surface area (Å²) in [6.07, 6.45) is 0. The molecule has 1 N–H and O–H groups in total. The molecule has 9 heteroatoms. The lowest BCUT2D eigenvalue weighted by Gasteiger charge is -2.14. The SMILES string of the molecule is CCOC(=O)c1cc(C(=O)Nc2nc(C(C)(C)C)cs2)cc([N+](=O)[O-])c1. The molecule has 1 aromatic carbocycles. The molecule has 0 aliphatic rings. The molecule has 0 saturated heterocycles. The molecule has 2 rings (SSSR count). The van der Waals surface area contributed by atoms with E-state index < -0.39 is 16.8 Å². The van der Waals surface area contributed by atoms with Crippen molar-refractivity contribution in [2.75, 3.05) is 11.9 Å². The van der Waals surface area contributed by atoms with Gasteiger partial charge in [-0.05, 0) is 13.0 Å². The van der Waals surface area contributed by atoms with Crippen molar-refractivity contribution in [2.45, 2.75) is 33.1 Å². The molecule has 0 aliphatic heterocycles. The van der Waals surface area contributed by atoms with E-state index in [0.717, 1.165) is 17.8 Å². The van der Waals surface area contributed by atoms with Gasteiger partial charge in [0.2, 0.25) is 0 Å². The average Bonchev–Trinajstić information content (AvgIpc) is 3.03. The van der Waals surface area contributed by atoms with Crippen LogP contribution in [0.5, 0.6) is 0 Å². The monoisotopic (exact) mass is 377 g/mol. The van der Waals surface area contributed by atoms with Crippen LogP contribution in [0.2, 0.25) is 0 Å². The first-order valence-corrected chi connectivity index (χ1v) is 8.73. The molecular formula is C17H19N3O5S. The number of hydrogen-bond acceptors (Lipinski definition) is 7. The number of rotatable bonds is 5. The predicted molar refractivity (Wildman–Crippen MR) is 97.8 cm³/mol. The largest absolute Gasteiger partial charge is 0.462 e. The zero-order chi connectivity index (χ0) is 19.5. The van der Waals surface area contributed by atoms with Gasteiger partial charge in [0, 0.05) is 28.5 Å². The number of benzene rings is 1. The number of nitrogens with one attached hydrogen (secondary N) is 1. The van der Waals surface area contributed by atoms with Crippen LogP contribution in [0.15, 0.2) is 23.6 Å². The second-order valence-electron chi connectivity index (χ2n) is 6.49. The molecule has 1 amide bonds.